The lowest BCUT2D eigenvalue weighted by atomic mass is 9.82. The molecule has 0 heterocycles. The summed E-state index contributed by atoms with van der Waals surface area (Å²) in [5, 5.41) is 13.6. The zero-order chi connectivity index (χ0) is 25.6. The van der Waals surface area contributed by atoms with Crippen LogP contribution in [0.5, 0.6) is 11.5 Å². The average Bonchev–Trinajstić information content (AvgIpc) is 2.84. The zero-order valence-corrected chi connectivity index (χ0v) is 19.7. The maximum Gasteiger partial charge on any atom is 0.338 e. The number of nitrogens with zero attached hydrogens (tertiary/aromatic N) is 1. The minimum Gasteiger partial charge on any atom is -0.457 e. The van der Waals surface area contributed by atoms with Crippen molar-refractivity contribution in [1.82, 2.24) is 0 Å². The molecule has 0 aliphatic carbocycles. The van der Waals surface area contributed by atoms with Crippen molar-refractivity contribution in [3.05, 3.63) is 88.0 Å². The number of nitro benzene ring substituents is 1. The number of rotatable bonds is 9. The number of ether oxygens (including phenoxy) is 2. The molecule has 0 aromatic heterocycles. The van der Waals surface area contributed by atoms with Crippen molar-refractivity contribution in [2.24, 2.45) is 0 Å². The zero-order valence-electron chi connectivity index (χ0n) is 19.7. The van der Waals surface area contributed by atoms with Gasteiger partial charge in [0.25, 0.3) is 11.6 Å². The molecule has 9 nitrogen and oxygen atoms in total. The summed E-state index contributed by atoms with van der Waals surface area (Å²) in [7, 11) is 0. The molecule has 3 N–H and O–H groups in total. The van der Waals surface area contributed by atoms with Crippen LogP contribution in [0.4, 0.5) is 17.1 Å². The van der Waals surface area contributed by atoms with E-state index < -0.39 is 29.1 Å². The van der Waals surface area contributed by atoms with Crippen molar-refractivity contribution in [2.45, 2.75) is 32.6 Å². The molecule has 0 atom stereocenters. The Morgan fingerprint density at radius 2 is 1.60 bits per heavy atom. The van der Waals surface area contributed by atoms with Crippen LogP contribution in [-0.2, 0) is 14.9 Å². The number of nitrogens with two attached hydrogens (primary N) is 1. The van der Waals surface area contributed by atoms with E-state index in [0.29, 0.717) is 17.2 Å². The summed E-state index contributed by atoms with van der Waals surface area (Å²) in [5.74, 6) is -0.138. The number of nitro groups is 1. The molecule has 9 heteroatoms. The number of benzene rings is 3. The third kappa shape index (κ3) is 6.57. The first-order valence-electron chi connectivity index (χ1n) is 11.0. The molecule has 0 bridgehead atoms. The van der Waals surface area contributed by atoms with Gasteiger partial charge in [-0.05, 0) is 65.9 Å². The predicted octanol–water partition coefficient (Wildman–Crippen LogP) is 5.45. The van der Waals surface area contributed by atoms with E-state index in [0.717, 1.165) is 12.5 Å². The molecular weight excluding hydrogens is 450 g/mol. The molecule has 182 valence electrons. The highest BCUT2D eigenvalue weighted by molar-refractivity contribution is 5.96. The fourth-order valence-electron chi connectivity index (χ4n) is 3.16. The Morgan fingerprint density at radius 1 is 1.00 bits per heavy atom. The van der Waals surface area contributed by atoms with Gasteiger partial charge in [0.2, 0.25) is 0 Å². The van der Waals surface area contributed by atoms with Crippen molar-refractivity contribution in [2.75, 3.05) is 17.7 Å². The summed E-state index contributed by atoms with van der Waals surface area (Å²) in [4.78, 5) is 34.5. The van der Waals surface area contributed by atoms with Gasteiger partial charge in [-0.2, -0.15) is 0 Å². The number of nitrogens with one attached hydrogen (secondary N) is 1. The first-order chi connectivity index (χ1) is 16.6. The fraction of sp³-hybridized carbons (Fsp3) is 0.231. The van der Waals surface area contributed by atoms with Gasteiger partial charge in [-0.1, -0.05) is 32.9 Å². The van der Waals surface area contributed by atoms with Gasteiger partial charge in [0.1, 0.15) is 17.2 Å². The van der Waals surface area contributed by atoms with Gasteiger partial charge in [-0.15, -0.1) is 0 Å². The van der Waals surface area contributed by atoms with Crippen LogP contribution in [0.25, 0.3) is 0 Å². The second kappa shape index (κ2) is 10.7. The van der Waals surface area contributed by atoms with Crippen molar-refractivity contribution < 1.29 is 24.0 Å². The first-order valence-corrected chi connectivity index (χ1v) is 11.0. The Labute approximate surface area is 203 Å². The highest BCUT2D eigenvalue weighted by Crippen LogP contribution is 2.30. The normalized spacial score (nSPS) is 10.9. The monoisotopic (exact) mass is 477 g/mol. The van der Waals surface area contributed by atoms with Crippen molar-refractivity contribution in [1.29, 1.82) is 0 Å². The second-order valence-corrected chi connectivity index (χ2v) is 8.54. The molecular formula is C26H27N3O6. The van der Waals surface area contributed by atoms with E-state index in [9.17, 15) is 19.7 Å². The van der Waals surface area contributed by atoms with Crippen molar-refractivity contribution in [3.63, 3.8) is 0 Å². The molecule has 3 aromatic carbocycles. The van der Waals surface area contributed by atoms with E-state index in [1.54, 1.807) is 24.3 Å². The molecule has 0 saturated heterocycles. The topological polar surface area (TPSA) is 134 Å². The van der Waals surface area contributed by atoms with Gasteiger partial charge in [0.15, 0.2) is 6.61 Å². The number of hydrogen-bond donors (Lipinski definition) is 2. The lowest BCUT2D eigenvalue weighted by Crippen LogP contribution is -2.21. The first kappa shape index (κ1) is 25.2. The molecule has 35 heavy (non-hydrogen) atoms. The summed E-state index contributed by atoms with van der Waals surface area (Å²) in [6.45, 7) is 5.99. The highest BCUT2D eigenvalue weighted by Gasteiger charge is 2.18. The van der Waals surface area contributed by atoms with Crippen molar-refractivity contribution in [3.8, 4) is 11.5 Å². The largest absolute Gasteiger partial charge is 0.457 e. The van der Waals surface area contributed by atoms with Crippen LogP contribution in [0.3, 0.4) is 0 Å². The SMILES string of the molecule is CCC(C)(C)c1ccc(Oc2ccc(NC(=O)COC(=O)c3ccc(N)c([N+](=O)[O-])c3)cc2)cc1. The number of amides is 1. The quantitative estimate of drug-likeness (QED) is 0.181. The van der Waals surface area contributed by atoms with Gasteiger partial charge < -0.3 is 20.5 Å². The molecule has 3 rings (SSSR count). The number of carbonyl (C=O) groups excluding carboxylic acids is 2. The summed E-state index contributed by atoms with van der Waals surface area (Å²) >= 11 is 0. The summed E-state index contributed by atoms with van der Waals surface area (Å²) in [5.41, 5.74) is 6.77. The number of nitrogen functional groups attached to an aromatic ring is 1. The lowest BCUT2D eigenvalue weighted by Gasteiger charge is -2.23. The minimum absolute atomic E-state index is 0.0748. The van der Waals surface area contributed by atoms with Crippen LogP contribution in [0, 0.1) is 10.1 Å². The van der Waals surface area contributed by atoms with E-state index in [1.165, 1.54) is 17.7 Å². The Kier molecular flexibility index (Phi) is 7.70. The van der Waals surface area contributed by atoms with Crippen LogP contribution < -0.4 is 15.8 Å². The van der Waals surface area contributed by atoms with Crippen molar-refractivity contribution >= 4 is 28.9 Å². The molecule has 0 unspecified atom stereocenters. The molecule has 0 fully saturated rings. The molecule has 0 spiro atoms. The fourth-order valence-corrected chi connectivity index (χ4v) is 3.16. The molecule has 0 saturated carbocycles. The third-order valence-electron chi connectivity index (χ3n) is 5.69. The number of hydrogen-bond acceptors (Lipinski definition) is 7. The maximum absolute atomic E-state index is 12.1. The van der Waals surface area contributed by atoms with E-state index in [1.807, 2.05) is 12.1 Å². The smallest absolute Gasteiger partial charge is 0.338 e. The number of carbonyl (C=O) groups is 2. The van der Waals surface area contributed by atoms with Crippen LogP contribution in [-0.4, -0.2) is 23.4 Å². The van der Waals surface area contributed by atoms with Gasteiger partial charge in [-0.25, -0.2) is 4.79 Å². The van der Waals surface area contributed by atoms with Gasteiger partial charge in [-0.3, -0.25) is 14.9 Å². The van der Waals surface area contributed by atoms with Crippen LogP contribution in [0.2, 0.25) is 0 Å². The van der Waals surface area contributed by atoms with Gasteiger partial charge in [0.05, 0.1) is 10.5 Å². The minimum atomic E-state index is -0.875. The molecule has 0 aliphatic rings. The Hall–Kier alpha value is -4.40. The van der Waals surface area contributed by atoms with E-state index in [-0.39, 0.29) is 16.7 Å². The van der Waals surface area contributed by atoms with E-state index >= 15 is 0 Å². The van der Waals surface area contributed by atoms with Crippen LogP contribution in [0.15, 0.2) is 66.7 Å². The molecule has 3 aromatic rings. The molecule has 0 radical (unpaired) electrons. The highest BCUT2D eigenvalue weighted by atomic mass is 16.6. The molecule has 0 aliphatic heterocycles. The average molecular weight is 478 g/mol. The Balaban J connectivity index is 1.52. The number of esters is 1. The van der Waals surface area contributed by atoms with Crippen LogP contribution in [0.1, 0.15) is 43.1 Å². The van der Waals surface area contributed by atoms with E-state index in [4.69, 9.17) is 15.2 Å². The van der Waals surface area contributed by atoms with Crippen LogP contribution >= 0.6 is 0 Å². The van der Waals surface area contributed by atoms with Gasteiger partial charge >= 0.3 is 5.97 Å². The lowest BCUT2D eigenvalue weighted by molar-refractivity contribution is -0.383. The Bertz CT molecular complexity index is 1220. The predicted molar refractivity (Wildman–Crippen MR) is 133 cm³/mol. The van der Waals surface area contributed by atoms with Gasteiger partial charge in [0, 0.05) is 11.8 Å². The summed E-state index contributed by atoms with van der Waals surface area (Å²) in [6, 6.07) is 18.2. The second-order valence-electron chi connectivity index (χ2n) is 8.54. The summed E-state index contributed by atoms with van der Waals surface area (Å²) < 4.78 is 10.8. The van der Waals surface area contributed by atoms with E-state index in [2.05, 4.69) is 38.2 Å². The maximum atomic E-state index is 12.1. The Morgan fingerprint density at radius 3 is 2.17 bits per heavy atom. The molecule has 1 amide bonds. The third-order valence-corrected chi connectivity index (χ3v) is 5.69. The number of anilines is 2. The summed E-state index contributed by atoms with van der Waals surface area (Å²) in [6.07, 6.45) is 1.03. The standard InChI is InChI=1S/C26H27N3O6/c1-4-26(2,3)18-6-10-20(11-7-18)35-21-12-8-19(9-13-21)28-24(30)16-34-25(31)17-5-14-22(27)23(15-17)29(32)33/h5-15H,4,16,27H2,1-3H3,(H,28,30).